The van der Waals surface area contributed by atoms with E-state index in [1.165, 1.54) is 10.8 Å². The third kappa shape index (κ3) is 2.13. The van der Waals surface area contributed by atoms with Crippen molar-refractivity contribution in [1.29, 1.82) is 0 Å². The molecule has 0 amide bonds. The molecule has 2 aromatic carbocycles. The molecule has 1 aromatic heterocycles. The molecule has 0 radical (unpaired) electrons. The van der Waals surface area contributed by atoms with E-state index in [2.05, 4.69) is 36.2 Å². The van der Waals surface area contributed by atoms with Crippen molar-refractivity contribution in [3.63, 3.8) is 0 Å². The molecular formula is C18H19NO2. The monoisotopic (exact) mass is 281 g/mol. The zero-order valence-corrected chi connectivity index (χ0v) is 12.0. The predicted octanol–water partition coefficient (Wildman–Crippen LogP) is 3.78. The van der Waals surface area contributed by atoms with Gasteiger partial charge in [-0.25, -0.2) is 0 Å². The number of hydrogen-bond acceptors (Lipinski definition) is 2. The first-order valence-electron chi connectivity index (χ1n) is 7.52. The van der Waals surface area contributed by atoms with Crippen molar-refractivity contribution in [3.05, 3.63) is 48.0 Å². The Balaban J connectivity index is 1.77. The smallest absolute Gasteiger partial charge is 0.0841 e. The molecule has 2 N–H and O–H groups in total. The van der Waals surface area contributed by atoms with Gasteiger partial charge in [-0.3, -0.25) is 0 Å². The maximum atomic E-state index is 10.6. The Morgan fingerprint density at radius 1 is 1.14 bits per heavy atom. The number of aliphatic hydroxyl groups excluding tert-OH is 1. The van der Waals surface area contributed by atoms with Crippen molar-refractivity contribution in [1.82, 2.24) is 4.98 Å². The number of ether oxygens (including phenoxy) is 1. The first kappa shape index (κ1) is 12.9. The first-order chi connectivity index (χ1) is 10.2. The summed E-state index contributed by atoms with van der Waals surface area (Å²) >= 11 is 0. The van der Waals surface area contributed by atoms with Crippen LogP contribution in [0.3, 0.4) is 0 Å². The molecule has 21 heavy (non-hydrogen) atoms. The molecule has 3 atom stereocenters. The lowest BCUT2D eigenvalue weighted by Gasteiger charge is -2.17. The maximum Gasteiger partial charge on any atom is 0.0841 e. The van der Waals surface area contributed by atoms with Crippen LogP contribution in [0.15, 0.2) is 42.5 Å². The van der Waals surface area contributed by atoms with E-state index in [0.29, 0.717) is 6.61 Å². The minimum atomic E-state index is -0.451. The van der Waals surface area contributed by atoms with Crippen LogP contribution in [0.2, 0.25) is 0 Å². The average Bonchev–Trinajstić information content (AvgIpc) is 3.09. The molecule has 3 nitrogen and oxygen atoms in total. The second-order valence-corrected chi connectivity index (χ2v) is 6.06. The highest BCUT2D eigenvalue weighted by Crippen LogP contribution is 2.34. The van der Waals surface area contributed by atoms with E-state index in [4.69, 9.17) is 4.74 Å². The topological polar surface area (TPSA) is 45.2 Å². The zero-order chi connectivity index (χ0) is 14.4. The van der Waals surface area contributed by atoms with Gasteiger partial charge in [-0.15, -0.1) is 0 Å². The van der Waals surface area contributed by atoms with Gasteiger partial charge in [0, 0.05) is 27.7 Å². The number of benzene rings is 2. The van der Waals surface area contributed by atoms with E-state index in [-0.39, 0.29) is 12.0 Å². The number of fused-ring (bicyclic) bond motifs is 3. The van der Waals surface area contributed by atoms with E-state index >= 15 is 0 Å². The molecule has 3 unspecified atom stereocenters. The maximum absolute atomic E-state index is 10.6. The van der Waals surface area contributed by atoms with Crippen molar-refractivity contribution in [3.8, 4) is 0 Å². The molecule has 3 aromatic rings. The number of hydrogen-bond donors (Lipinski definition) is 2. The van der Waals surface area contributed by atoms with Gasteiger partial charge in [0.1, 0.15) is 0 Å². The lowest BCUT2D eigenvalue weighted by molar-refractivity contribution is 0.0805. The number of para-hydroxylation sites is 1. The van der Waals surface area contributed by atoms with Gasteiger partial charge in [0.05, 0.1) is 18.8 Å². The zero-order valence-electron chi connectivity index (χ0n) is 12.0. The number of H-pyrrole nitrogens is 1. The molecule has 0 aliphatic carbocycles. The van der Waals surface area contributed by atoms with Gasteiger partial charge in [0.25, 0.3) is 0 Å². The van der Waals surface area contributed by atoms with Gasteiger partial charge in [0.15, 0.2) is 0 Å². The largest absolute Gasteiger partial charge is 0.388 e. The van der Waals surface area contributed by atoms with Crippen molar-refractivity contribution >= 4 is 21.8 Å². The van der Waals surface area contributed by atoms with Gasteiger partial charge < -0.3 is 14.8 Å². The van der Waals surface area contributed by atoms with Crippen LogP contribution in [0.25, 0.3) is 21.8 Å². The van der Waals surface area contributed by atoms with Crippen LogP contribution in [-0.2, 0) is 4.74 Å². The average molecular weight is 281 g/mol. The van der Waals surface area contributed by atoms with Crippen molar-refractivity contribution in [2.45, 2.75) is 25.6 Å². The first-order valence-corrected chi connectivity index (χ1v) is 7.52. The SMILES string of the molecule is CC1CC(C(O)c2ccc3[nH]c4ccccc4c3c2)CO1. The molecule has 3 heteroatoms. The molecule has 1 fully saturated rings. The van der Waals surface area contributed by atoms with Gasteiger partial charge in [-0.05, 0) is 37.1 Å². The molecule has 0 bridgehead atoms. The fourth-order valence-corrected chi connectivity index (χ4v) is 3.39. The van der Waals surface area contributed by atoms with E-state index in [0.717, 1.165) is 23.0 Å². The van der Waals surface area contributed by atoms with Crippen LogP contribution in [0.5, 0.6) is 0 Å². The van der Waals surface area contributed by atoms with Crippen LogP contribution in [0.1, 0.15) is 25.0 Å². The third-order valence-corrected chi connectivity index (χ3v) is 4.55. The van der Waals surface area contributed by atoms with Crippen molar-refractivity contribution < 1.29 is 9.84 Å². The summed E-state index contributed by atoms with van der Waals surface area (Å²) in [6, 6.07) is 14.5. The fourth-order valence-electron chi connectivity index (χ4n) is 3.39. The Hall–Kier alpha value is -1.84. The number of aromatic amines is 1. The molecule has 2 heterocycles. The van der Waals surface area contributed by atoms with Crippen LogP contribution >= 0.6 is 0 Å². The Bertz CT molecular complexity index is 792. The quantitative estimate of drug-likeness (QED) is 0.751. The van der Waals surface area contributed by atoms with Crippen molar-refractivity contribution in [2.75, 3.05) is 6.61 Å². The minimum absolute atomic E-state index is 0.197. The van der Waals surface area contributed by atoms with E-state index in [9.17, 15) is 5.11 Å². The highest BCUT2D eigenvalue weighted by Gasteiger charge is 2.29. The highest BCUT2D eigenvalue weighted by atomic mass is 16.5. The fraction of sp³-hybridized carbons (Fsp3) is 0.333. The summed E-state index contributed by atoms with van der Waals surface area (Å²) in [5.41, 5.74) is 3.23. The standard InChI is InChI=1S/C18H19NO2/c1-11-8-13(10-21-11)18(20)12-6-7-17-15(9-12)14-4-2-3-5-16(14)19-17/h2-7,9,11,13,18-20H,8,10H2,1H3. The summed E-state index contributed by atoms with van der Waals surface area (Å²) in [5.74, 6) is 0.197. The summed E-state index contributed by atoms with van der Waals surface area (Å²) in [4.78, 5) is 3.41. The molecule has 108 valence electrons. The van der Waals surface area contributed by atoms with Crippen LogP contribution < -0.4 is 0 Å². The molecule has 0 saturated carbocycles. The van der Waals surface area contributed by atoms with Gasteiger partial charge in [0.2, 0.25) is 0 Å². The lowest BCUT2D eigenvalue weighted by atomic mass is 9.93. The third-order valence-electron chi connectivity index (χ3n) is 4.55. The van der Waals surface area contributed by atoms with Crippen molar-refractivity contribution in [2.24, 2.45) is 5.92 Å². The molecule has 4 rings (SSSR count). The van der Waals surface area contributed by atoms with E-state index in [1.54, 1.807) is 0 Å². The van der Waals surface area contributed by atoms with E-state index in [1.807, 2.05) is 18.2 Å². The number of nitrogens with one attached hydrogen (secondary N) is 1. The Kier molecular flexibility index (Phi) is 2.98. The molecule has 1 aliphatic rings. The van der Waals surface area contributed by atoms with Gasteiger partial charge in [-0.1, -0.05) is 24.3 Å². The molecule has 0 spiro atoms. The van der Waals surface area contributed by atoms with Gasteiger partial charge in [-0.2, -0.15) is 0 Å². The van der Waals surface area contributed by atoms with Crippen LogP contribution in [0.4, 0.5) is 0 Å². The molecule has 1 saturated heterocycles. The van der Waals surface area contributed by atoms with Crippen LogP contribution in [-0.4, -0.2) is 22.8 Å². The second-order valence-electron chi connectivity index (χ2n) is 6.06. The number of aromatic nitrogens is 1. The second kappa shape index (κ2) is 4.86. The Morgan fingerprint density at radius 3 is 2.76 bits per heavy atom. The van der Waals surface area contributed by atoms with E-state index < -0.39 is 6.10 Å². The minimum Gasteiger partial charge on any atom is -0.388 e. The highest BCUT2D eigenvalue weighted by molar-refractivity contribution is 6.07. The summed E-state index contributed by atoms with van der Waals surface area (Å²) in [6.07, 6.45) is 0.724. The Morgan fingerprint density at radius 2 is 1.95 bits per heavy atom. The predicted molar refractivity (Wildman–Crippen MR) is 84.3 cm³/mol. The summed E-state index contributed by atoms with van der Waals surface area (Å²) < 4.78 is 5.58. The normalized spacial score (nSPS) is 23.9. The van der Waals surface area contributed by atoms with Crippen LogP contribution in [0, 0.1) is 5.92 Å². The Labute approximate surface area is 123 Å². The van der Waals surface area contributed by atoms with Gasteiger partial charge >= 0.3 is 0 Å². The number of rotatable bonds is 2. The molecular weight excluding hydrogens is 262 g/mol. The summed E-state index contributed by atoms with van der Waals surface area (Å²) in [6.45, 7) is 2.71. The lowest BCUT2D eigenvalue weighted by Crippen LogP contribution is -2.12. The number of aliphatic hydroxyl groups is 1. The summed E-state index contributed by atoms with van der Waals surface area (Å²) in [5, 5.41) is 13.0. The molecule has 1 aliphatic heterocycles. The summed E-state index contributed by atoms with van der Waals surface area (Å²) in [7, 11) is 0.